The Hall–Kier alpha value is -3.03. The van der Waals surface area contributed by atoms with Gasteiger partial charge >= 0.3 is 23.5 Å². The number of carbonyl (C=O) groups is 4. The minimum atomic E-state index is -5.59. The number of aliphatic hydroxyl groups excluding tert-OH is 2. The number of nitrogen functional groups attached to an aromatic ring is 1. The summed E-state index contributed by atoms with van der Waals surface area (Å²) in [4.78, 5) is 102. The lowest BCUT2D eigenvalue weighted by Gasteiger charge is -2.58. The number of rotatable bonds is 23. The van der Waals surface area contributed by atoms with Crippen molar-refractivity contribution in [2.75, 3.05) is 37.8 Å². The molecule has 0 aromatic carbocycles. The van der Waals surface area contributed by atoms with E-state index < -0.39 is 84.6 Å². The third kappa shape index (κ3) is 13.4. The summed E-state index contributed by atoms with van der Waals surface area (Å²) in [6, 6.07) is 0. The van der Waals surface area contributed by atoms with Gasteiger partial charge in [-0.05, 0) is 97.9 Å². The van der Waals surface area contributed by atoms with E-state index in [1.54, 1.807) is 0 Å². The van der Waals surface area contributed by atoms with E-state index in [0.717, 1.165) is 36.5 Å². The first-order valence-corrected chi connectivity index (χ1v) is 30.3. The van der Waals surface area contributed by atoms with Crippen molar-refractivity contribution in [3.8, 4) is 0 Å². The predicted molar refractivity (Wildman–Crippen MR) is 266 cm³/mol. The second-order valence-corrected chi connectivity index (χ2v) is 26.9. The molecular formula is C45H70N7O18P3S. The second-order valence-electron chi connectivity index (χ2n) is 21.5. The number of thioether (sulfide) groups is 1. The molecule has 7 rings (SSSR count). The number of nitrogens with zero attached hydrogens (tertiary/aromatic N) is 4. The number of fused-ring (bicyclic) bond motifs is 6. The summed E-state index contributed by atoms with van der Waals surface area (Å²) in [6.07, 6.45) is 4.92. The normalized spacial score (nSPS) is 31.6. The van der Waals surface area contributed by atoms with Gasteiger partial charge in [-0.25, -0.2) is 28.6 Å². The zero-order valence-corrected chi connectivity index (χ0v) is 45.5. The average molecular weight is 1120 g/mol. The smallest absolute Gasteiger partial charge is 0.386 e. The number of hydrogen-bond donors (Lipinski definition) is 9. The zero-order valence-electron chi connectivity index (χ0n) is 42.0. The number of phosphoric ester groups is 3. The van der Waals surface area contributed by atoms with Gasteiger partial charge in [0.15, 0.2) is 28.6 Å². The maximum atomic E-state index is 12.9. The van der Waals surface area contributed by atoms with E-state index in [2.05, 4.69) is 55.2 Å². The maximum absolute atomic E-state index is 12.9. The number of imidazole rings is 1. The molecule has 74 heavy (non-hydrogen) atoms. The lowest BCUT2D eigenvalue weighted by molar-refractivity contribution is -0.137. The summed E-state index contributed by atoms with van der Waals surface area (Å²) < 4.78 is 62.7. The summed E-state index contributed by atoms with van der Waals surface area (Å²) in [6.45, 7) is 7.73. The van der Waals surface area contributed by atoms with Crippen LogP contribution in [0.1, 0.15) is 111 Å². The number of phosphoric acid groups is 3. The fraction of sp³-hybridized carbons (Fsp3) is 0.756. The first-order chi connectivity index (χ1) is 34.5. The molecule has 1 saturated heterocycles. The van der Waals surface area contributed by atoms with Crippen LogP contribution in [0.2, 0.25) is 0 Å². The van der Waals surface area contributed by atoms with Crippen LogP contribution in [0.3, 0.4) is 0 Å². The Balaban J connectivity index is 0.776. The van der Waals surface area contributed by atoms with Crippen LogP contribution in [-0.2, 0) is 55.5 Å². The first kappa shape index (κ1) is 58.6. The van der Waals surface area contributed by atoms with E-state index in [1.807, 2.05) is 6.08 Å². The fourth-order valence-electron chi connectivity index (χ4n) is 12.4. The van der Waals surface area contributed by atoms with Crippen LogP contribution in [0.4, 0.5) is 5.82 Å². The molecule has 0 radical (unpaired) electrons. The molecule has 5 aliphatic rings. The molecule has 29 heteroatoms. The van der Waals surface area contributed by atoms with Gasteiger partial charge in [-0.2, -0.15) is 4.31 Å². The van der Waals surface area contributed by atoms with Gasteiger partial charge in [0.25, 0.3) is 0 Å². The van der Waals surface area contributed by atoms with Crippen LogP contribution < -0.4 is 16.4 Å². The standard InChI is InChI=1S/C45H70N7O18P3S/c1-25(29-9-10-30-28-8-7-26-20-27(53)12-15-44(26,4)31(28)13-16-45(29,30)5)6-11-34(55)74-19-18-47-33(54)14-17-48-41(58)38(57)43(2,3)22-67-73(64,65)70-72(62,63)66-21-32-37(69-71(59,60)61)36(56)42(68-32)52-24-51-35-39(46)49-23-50-40(35)52/h20,23-25,28-32,36-38,42,56-57H,6-19,21-22H2,1-5H3,(H,47,54)(H,48,58)(H,62,63)(H,64,65)(H2,46,49,50)(H2,59,60,61)/t25-,28+,29-,30+,31+,32-,36-,37-,38+,42-,44+,45-/m1/s1. The molecule has 2 aromatic heterocycles. The molecule has 414 valence electrons. The molecule has 1 aliphatic heterocycles. The molecule has 2 amide bonds. The van der Waals surface area contributed by atoms with Crippen molar-refractivity contribution in [2.45, 2.75) is 136 Å². The molecule has 0 spiro atoms. The third-order valence-electron chi connectivity index (χ3n) is 16.3. The first-order valence-electron chi connectivity index (χ1n) is 24.8. The fourth-order valence-corrected chi connectivity index (χ4v) is 16.0. The van der Waals surface area contributed by atoms with Gasteiger partial charge < -0.3 is 50.9 Å². The summed E-state index contributed by atoms with van der Waals surface area (Å²) >= 11 is 1.17. The molecule has 3 heterocycles. The van der Waals surface area contributed by atoms with Gasteiger partial charge in [0, 0.05) is 43.5 Å². The number of ketones is 1. The van der Waals surface area contributed by atoms with E-state index in [1.165, 1.54) is 63.3 Å². The maximum Gasteiger partial charge on any atom is 0.481 e. The zero-order chi connectivity index (χ0) is 54.2. The minimum Gasteiger partial charge on any atom is -0.386 e. The summed E-state index contributed by atoms with van der Waals surface area (Å²) in [5.74, 6) is 2.19. The molecule has 0 bridgehead atoms. The van der Waals surface area contributed by atoms with E-state index in [4.69, 9.17) is 19.5 Å². The number of aromatic nitrogens is 4. The van der Waals surface area contributed by atoms with Crippen molar-refractivity contribution in [1.29, 1.82) is 0 Å². The summed E-state index contributed by atoms with van der Waals surface area (Å²) in [7, 11) is -16.5. The topological polar surface area (TPSA) is 381 Å². The van der Waals surface area contributed by atoms with Crippen molar-refractivity contribution in [2.24, 2.45) is 45.8 Å². The van der Waals surface area contributed by atoms with Crippen LogP contribution in [-0.4, -0.2) is 128 Å². The number of nitrogens with two attached hydrogens (primary N) is 1. The van der Waals surface area contributed by atoms with Crippen molar-refractivity contribution in [3.63, 3.8) is 0 Å². The van der Waals surface area contributed by atoms with Crippen molar-refractivity contribution < 1.29 is 85.3 Å². The number of ether oxygens (including phenoxy) is 1. The quantitative estimate of drug-likeness (QED) is 0.0555. The number of allylic oxidation sites excluding steroid dienone is 1. The Morgan fingerprint density at radius 3 is 2.43 bits per heavy atom. The van der Waals surface area contributed by atoms with Crippen LogP contribution >= 0.6 is 35.2 Å². The Labute approximate surface area is 432 Å². The molecule has 3 saturated carbocycles. The molecule has 25 nitrogen and oxygen atoms in total. The predicted octanol–water partition coefficient (Wildman–Crippen LogP) is 4.23. The van der Waals surface area contributed by atoms with Crippen LogP contribution in [0.25, 0.3) is 11.2 Å². The Kier molecular flexibility index (Phi) is 18.3. The molecule has 2 aromatic rings. The van der Waals surface area contributed by atoms with Crippen LogP contribution in [0, 0.1) is 45.8 Å². The molecule has 14 atom stereocenters. The van der Waals surface area contributed by atoms with Gasteiger partial charge in [-0.3, -0.25) is 37.3 Å². The SMILES string of the molecule is C[C@H](CCC(=O)SCCNC(=O)CCNC(=O)[C@H](O)C(C)(C)COP(=O)(O)OP(=O)(O)OC[C@H]1O[C@@H](n2cnc3c(N)ncnc32)[C@H](O)[C@@H]1OP(=O)(O)O)[C@H]1CC[C@H]2[C@@H]3CCC4=CC(=O)CC[C@]4(C)[C@H]3CC[C@]12C. The van der Waals surface area contributed by atoms with E-state index >= 15 is 0 Å². The highest BCUT2D eigenvalue weighted by atomic mass is 32.2. The van der Waals surface area contributed by atoms with Gasteiger partial charge in [0.1, 0.15) is 36.3 Å². The van der Waals surface area contributed by atoms with Crippen molar-refractivity contribution in [1.82, 2.24) is 30.2 Å². The summed E-state index contributed by atoms with van der Waals surface area (Å²) in [5, 5.41) is 26.9. The highest BCUT2D eigenvalue weighted by Crippen LogP contribution is 2.68. The number of nitrogens with one attached hydrogen (secondary N) is 2. The van der Waals surface area contributed by atoms with Crippen LogP contribution in [0.15, 0.2) is 24.3 Å². The van der Waals surface area contributed by atoms with Crippen LogP contribution in [0.5, 0.6) is 0 Å². The molecule has 4 fully saturated rings. The molecular weight excluding hydrogens is 1050 g/mol. The molecule has 4 aliphatic carbocycles. The van der Waals surface area contributed by atoms with Gasteiger partial charge in [-0.1, -0.05) is 52.0 Å². The average Bonchev–Trinajstić information content (AvgIpc) is 4.00. The van der Waals surface area contributed by atoms with Crippen molar-refractivity contribution >= 4 is 74.9 Å². The Morgan fingerprint density at radius 2 is 1.70 bits per heavy atom. The number of aliphatic hydroxyl groups is 2. The second kappa shape index (κ2) is 23.1. The lowest BCUT2D eigenvalue weighted by Crippen LogP contribution is -2.51. The largest absolute Gasteiger partial charge is 0.481 e. The Bertz CT molecular complexity index is 2600. The lowest BCUT2D eigenvalue weighted by atomic mass is 9.46. The van der Waals surface area contributed by atoms with E-state index in [0.29, 0.717) is 48.2 Å². The molecule has 2 unspecified atom stereocenters. The Morgan fingerprint density at radius 1 is 0.973 bits per heavy atom. The minimum absolute atomic E-state index is 0.0309. The number of hydrogen-bond acceptors (Lipinski definition) is 19. The van der Waals surface area contributed by atoms with E-state index in [9.17, 15) is 62.7 Å². The van der Waals surface area contributed by atoms with Crippen molar-refractivity contribution in [3.05, 3.63) is 24.3 Å². The highest BCUT2D eigenvalue weighted by molar-refractivity contribution is 8.13. The number of amides is 2. The van der Waals surface area contributed by atoms with Gasteiger partial charge in [-0.15, -0.1) is 0 Å². The monoisotopic (exact) mass is 1120 g/mol. The van der Waals surface area contributed by atoms with E-state index in [-0.39, 0.29) is 58.2 Å². The highest BCUT2D eigenvalue weighted by Gasteiger charge is 2.59. The molecule has 10 N–H and O–H groups in total. The number of anilines is 1. The number of carbonyl (C=O) groups excluding carboxylic acids is 4. The van der Waals surface area contributed by atoms with Gasteiger partial charge in [0.2, 0.25) is 11.8 Å². The third-order valence-corrected chi connectivity index (χ3v) is 20.3. The van der Waals surface area contributed by atoms with Gasteiger partial charge in [0.05, 0.1) is 19.5 Å². The summed E-state index contributed by atoms with van der Waals surface area (Å²) in [5.41, 5.74) is 6.07.